The second kappa shape index (κ2) is 7.05. The topological polar surface area (TPSA) is 114 Å². The van der Waals surface area contributed by atoms with Crippen molar-refractivity contribution in [3.05, 3.63) is 72.8 Å². The van der Waals surface area contributed by atoms with Gasteiger partial charge in [0.25, 0.3) is 15.9 Å². The number of aromatic nitrogens is 3. The fourth-order valence-electron chi connectivity index (χ4n) is 1.95. The van der Waals surface area contributed by atoms with Gasteiger partial charge in [-0.05, 0) is 42.5 Å². The van der Waals surface area contributed by atoms with Crippen LogP contribution in [-0.2, 0) is 10.0 Å². The van der Waals surface area contributed by atoms with E-state index in [0.717, 1.165) is 0 Å². The van der Waals surface area contributed by atoms with E-state index in [1.165, 1.54) is 49.1 Å². The van der Waals surface area contributed by atoms with Gasteiger partial charge < -0.3 is 5.32 Å². The summed E-state index contributed by atoms with van der Waals surface area (Å²) in [7, 11) is -3.81. The molecule has 0 radical (unpaired) electrons. The molecule has 0 spiro atoms. The zero-order valence-electron chi connectivity index (χ0n) is 12.8. The van der Waals surface area contributed by atoms with Gasteiger partial charge in [0.05, 0.1) is 4.90 Å². The molecule has 25 heavy (non-hydrogen) atoms. The van der Waals surface area contributed by atoms with Crippen molar-refractivity contribution in [1.82, 2.24) is 15.0 Å². The van der Waals surface area contributed by atoms with E-state index in [1.54, 1.807) is 18.2 Å². The van der Waals surface area contributed by atoms with E-state index in [-0.39, 0.29) is 16.8 Å². The summed E-state index contributed by atoms with van der Waals surface area (Å²) in [6.07, 6.45) is 5.90. The molecule has 0 unspecified atom stereocenters. The van der Waals surface area contributed by atoms with Gasteiger partial charge in [-0.2, -0.15) is 0 Å². The molecule has 9 heteroatoms. The Balaban J connectivity index is 1.72. The van der Waals surface area contributed by atoms with Crippen LogP contribution >= 0.6 is 0 Å². The minimum absolute atomic E-state index is 0.0161. The van der Waals surface area contributed by atoms with Crippen molar-refractivity contribution in [2.45, 2.75) is 4.90 Å². The fourth-order valence-corrected chi connectivity index (χ4v) is 2.91. The Hall–Kier alpha value is -3.33. The Morgan fingerprint density at radius 1 is 0.880 bits per heavy atom. The summed E-state index contributed by atoms with van der Waals surface area (Å²) in [6.45, 7) is 0. The highest BCUT2D eigenvalue weighted by atomic mass is 32.2. The smallest absolute Gasteiger partial charge is 0.264 e. The summed E-state index contributed by atoms with van der Waals surface area (Å²) >= 11 is 0. The number of amides is 1. The number of nitrogens with zero attached hydrogens (tertiary/aromatic N) is 3. The van der Waals surface area contributed by atoms with Crippen LogP contribution in [0, 0.1) is 0 Å². The minimum atomic E-state index is -3.81. The average molecular weight is 355 g/mol. The van der Waals surface area contributed by atoms with Gasteiger partial charge in [0, 0.05) is 36.0 Å². The standard InChI is InChI=1S/C16H13N5O3S/c22-15(12-6-10-17-11-7-12)20-13-2-4-14(5-3-13)25(23,24)21-16-18-8-1-9-19-16/h1-11H,(H,20,22)(H,18,19,21). The maximum absolute atomic E-state index is 12.3. The lowest BCUT2D eigenvalue weighted by atomic mass is 10.2. The number of anilines is 2. The lowest BCUT2D eigenvalue weighted by Crippen LogP contribution is -2.15. The number of benzene rings is 1. The van der Waals surface area contributed by atoms with Crippen LogP contribution in [0.1, 0.15) is 10.4 Å². The number of carbonyl (C=O) groups excluding carboxylic acids is 1. The molecule has 0 bridgehead atoms. The molecule has 2 heterocycles. The first kappa shape index (κ1) is 16.5. The normalized spacial score (nSPS) is 10.9. The molecule has 3 rings (SSSR count). The Bertz CT molecular complexity index is 962. The van der Waals surface area contributed by atoms with Crippen molar-refractivity contribution in [1.29, 1.82) is 0 Å². The largest absolute Gasteiger partial charge is 0.322 e. The van der Waals surface area contributed by atoms with E-state index >= 15 is 0 Å². The molecule has 2 aromatic heterocycles. The van der Waals surface area contributed by atoms with Gasteiger partial charge in [-0.1, -0.05) is 0 Å². The Morgan fingerprint density at radius 2 is 1.52 bits per heavy atom. The zero-order valence-corrected chi connectivity index (χ0v) is 13.6. The summed E-state index contributed by atoms with van der Waals surface area (Å²) in [5.74, 6) is -0.327. The predicted molar refractivity (Wildman–Crippen MR) is 91.5 cm³/mol. The SMILES string of the molecule is O=C(Nc1ccc(S(=O)(=O)Nc2ncccn2)cc1)c1ccncc1. The molecule has 0 saturated carbocycles. The van der Waals surface area contributed by atoms with Crippen LogP contribution in [0.3, 0.4) is 0 Å². The second-order valence-corrected chi connectivity index (χ2v) is 6.57. The monoisotopic (exact) mass is 355 g/mol. The molecule has 8 nitrogen and oxygen atoms in total. The van der Waals surface area contributed by atoms with Crippen molar-refractivity contribution < 1.29 is 13.2 Å². The van der Waals surface area contributed by atoms with Crippen molar-refractivity contribution in [3.63, 3.8) is 0 Å². The number of pyridine rings is 1. The van der Waals surface area contributed by atoms with Crippen molar-refractivity contribution >= 4 is 27.6 Å². The predicted octanol–water partition coefficient (Wildman–Crippen LogP) is 1.92. The molecule has 126 valence electrons. The van der Waals surface area contributed by atoms with Crippen LogP contribution in [0.15, 0.2) is 72.1 Å². The Labute approximate surface area is 144 Å². The third-order valence-corrected chi connectivity index (χ3v) is 4.50. The van der Waals surface area contributed by atoms with E-state index < -0.39 is 10.0 Å². The van der Waals surface area contributed by atoms with E-state index in [4.69, 9.17) is 0 Å². The molecule has 0 aliphatic rings. The fraction of sp³-hybridized carbons (Fsp3) is 0. The molecule has 0 aliphatic carbocycles. The van der Waals surface area contributed by atoms with E-state index in [2.05, 4.69) is 25.0 Å². The highest BCUT2D eigenvalue weighted by molar-refractivity contribution is 7.92. The molecule has 2 N–H and O–H groups in total. The van der Waals surface area contributed by atoms with E-state index in [9.17, 15) is 13.2 Å². The van der Waals surface area contributed by atoms with Crippen molar-refractivity contribution in [3.8, 4) is 0 Å². The third kappa shape index (κ3) is 4.15. The number of nitrogens with one attached hydrogen (secondary N) is 2. The zero-order chi connectivity index (χ0) is 17.7. The van der Waals surface area contributed by atoms with Crippen LogP contribution in [0.2, 0.25) is 0 Å². The van der Waals surface area contributed by atoms with Gasteiger partial charge in [-0.3, -0.25) is 9.78 Å². The molecule has 0 saturated heterocycles. The minimum Gasteiger partial charge on any atom is -0.322 e. The van der Waals surface area contributed by atoms with Gasteiger partial charge in [0.2, 0.25) is 5.95 Å². The molecule has 0 atom stereocenters. The first-order chi connectivity index (χ1) is 12.0. The quantitative estimate of drug-likeness (QED) is 0.723. The summed E-state index contributed by atoms with van der Waals surface area (Å²) in [5, 5.41) is 2.68. The Kier molecular flexibility index (Phi) is 4.66. The lowest BCUT2D eigenvalue weighted by Gasteiger charge is -2.08. The average Bonchev–Trinajstić information content (AvgIpc) is 2.63. The number of rotatable bonds is 5. The first-order valence-electron chi connectivity index (χ1n) is 7.16. The van der Waals surface area contributed by atoms with Crippen LogP contribution in [0.25, 0.3) is 0 Å². The highest BCUT2D eigenvalue weighted by Gasteiger charge is 2.15. The number of hydrogen-bond donors (Lipinski definition) is 2. The van der Waals surface area contributed by atoms with Gasteiger partial charge in [0.15, 0.2) is 0 Å². The van der Waals surface area contributed by atoms with Gasteiger partial charge in [0.1, 0.15) is 0 Å². The molecule has 3 aromatic rings. The van der Waals surface area contributed by atoms with E-state index in [1.807, 2.05) is 0 Å². The van der Waals surface area contributed by atoms with Crippen LogP contribution < -0.4 is 10.0 Å². The maximum atomic E-state index is 12.3. The maximum Gasteiger partial charge on any atom is 0.264 e. The second-order valence-electron chi connectivity index (χ2n) is 4.89. The van der Waals surface area contributed by atoms with Gasteiger partial charge >= 0.3 is 0 Å². The number of hydrogen-bond acceptors (Lipinski definition) is 6. The number of carbonyl (C=O) groups is 1. The molecule has 0 aliphatic heterocycles. The molecular formula is C16H13N5O3S. The van der Waals surface area contributed by atoms with Crippen molar-refractivity contribution in [2.24, 2.45) is 0 Å². The van der Waals surface area contributed by atoms with Crippen LogP contribution in [-0.4, -0.2) is 29.3 Å². The lowest BCUT2D eigenvalue weighted by molar-refractivity contribution is 0.102. The van der Waals surface area contributed by atoms with Gasteiger partial charge in [-0.25, -0.2) is 23.1 Å². The third-order valence-electron chi connectivity index (χ3n) is 3.16. The summed E-state index contributed by atoms with van der Waals surface area (Å²) in [5.41, 5.74) is 0.923. The van der Waals surface area contributed by atoms with Crippen molar-refractivity contribution in [2.75, 3.05) is 10.0 Å². The number of sulfonamides is 1. The van der Waals surface area contributed by atoms with Crippen LogP contribution in [0.5, 0.6) is 0 Å². The Morgan fingerprint density at radius 3 is 2.16 bits per heavy atom. The first-order valence-corrected chi connectivity index (χ1v) is 8.64. The highest BCUT2D eigenvalue weighted by Crippen LogP contribution is 2.17. The van der Waals surface area contributed by atoms with Gasteiger partial charge in [-0.15, -0.1) is 0 Å². The summed E-state index contributed by atoms with van der Waals surface area (Å²) < 4.78 is 26.8. The summed E-state index contributed by atoms with van der Waals surface area (Å²) in [6, 6.07) is 10.5. The molecular weight excluding hydrogens is 342 g/mol. The van der Waals surface area contributed by atoms with Crippen LogP contribution in [0.4, 0.5) is 11.6 Å². The van der Waals surface area contributed by atoms with E-state index in [0.29, 0.717) is 11.3 Å². The molecule has 0 fully saturated rings. The molecule has 1 aromatic carbocycles. The summed E-state index contributed by atoms with van der Waals surface area (Å²) in [4.78, 5) is 23.6. The molecule has 1 amide bonds.